The molecule has 5 nitrogen and oxygen atoms in total. The van der Waals surface area contributed by atoms with Gasteiger partial charge in [-0.3, -0.25) is 4.90 Å². The first-order chi connectivity index (χ1) is 12.5. The second-order valence-corrected chi connectivity index (χ2v) is 8.05. The molecule has 1 aromatic heterocycles. The summed E-state index contributed by atoms with van der Waals surface area (Å²) in [6.45, 7) is 6.07. The van der Waals surface area contributed by atoms with Crippen LogP contribution >= 0.6 is 11.6 Å². The second-order valence-electron chi connectivity index (χ2n) is 7.71. The van der Waals surface area contributed by atoms with Crippen molar-refractivity contribution in [2.45, 2.75) is 44.9 Å². The highest BCUT2D eigenvalue weighted by atomic mass is 35.5. The molecule has 1 aromatic carbocycles. The first kappa shape index (κ1) is 17.7. The predicted octanol–water partition coefficient (Wildman–Crippen LogP) is 3.04. The number of hydrogen-bond acceptors (Lipinski definition) is 5. The molecule has 1 saturated heterocycles. The van der Waals surface area contributed by atoms with Gasteiger partial charge in [0.2, 0.25) is 5.28 Å². The van der Waals surface area contributed by atoms with E-state index in [9.17, 15) is 5.11 Å². The van der Waals surface area contributed by atoms with Gasteiger partial charge >= 0.3 is 0 Å². The molecule has 0 aliphatic carbocycles. The highest BCUT2D eigenvalue weighted by molar-refractivity contribution is 6.28. The number of nitrogens with zero attached hydrogens (tertiary/aromatic N) is 4. The van der Waals surface area contributed by atoms with Crippen LogP contribution in [0.25, 0.3) is 0 Å². The van der Waals surface area contributed by atoms with E-state index in [1.165, 1.54) is 11.1 Å². The smallest absolute Gasteiger partial charge is 0.224 e. The van der Waals surface area contributed by atoms with Crippen molar-refractivity contribution in [3.63, 3.8) is 0 Å². The van der Waals surface area contributed by atoms with Gasteiger partial charge in [0.1, 0.15) is 5.82 Å². The summed E-state index contributed by atoms with van der Waals surface area (Å²) in [5, 5.41) is 10.8. The van der Waals surface area contributed by atoms with Crippen LogP contribution in [0.5, 0.6) is 0 Å². The van der Waals surface area contributed by atoms with Gasteiger partial charge in [0.05, 0.1) is 11.3 Å². The van der Waals surface area contributed by atoms with Gasteiger partial charge in [-0.05, 0) is 43.4 Å². The van der Waals surface area contributed by atoms with E-state index in [2.05, 4.69) is 44.0 Å². The van der Waals surface area contributed by atoms with Crippen molar-refractivity contribution in [3.05, 3.63) is 52.4 Å². The largest absolute Gasteiger partial charge is 0.388 e. The zero-order valence-corrected chi connectivity index (χ0v) is 15.9. The van der Waals surface area contributed by atoms with E-state index >= 15 is 0 Å². The maximum absolute atomic E-state index is 10.5. The van der Waals surface area contributed by atoms with Gasteiger partial charge in [-0.2, -0.15) is 0 Å². The van der Waals surface area contributed by atoms with Crippen molar-refractivity contribution in [1.29, 1.82) is 0 Å². The fourth-order valence-corrected chi connectivity index (χ4v) is 4.26. The number of piperidine rings is 1. The number of β-amino-alcohol motifs (C(OH)–C–C–N with tert-alkyl or cyclic N) is 1. The predicted molar refractivity (Wildman–Crippen MR) is 103 cm³/mol. The third-order valence-corrected chi connectivity index (χ3v) is 5.49. The van der Waals surface area contributed by atoms with E-state index < -0.39 is 5.60 Å². The Morgan fingerprint density at radius 2 is 2.00 bits per heavy atom. The van der Waals surface area contributed by atoms with Crippen LogP contribution in [0.2, 0.25) is 5.28 Å². The van der Waals surface area contributed by atoms with Gasteiger partial charge in [0.25, 0.3) is 0 Å². The first-order valence-corrected chi connectivity index (χ1v) is 9.67. The molecule has 1 atom stereocenters. The van der Waals surface area contributed by atoms with Crippen molar-refractivity contribution >= 4 is 17.4 Å². The van der Waals surface area contributed by atoms with Gasteiger partial charge in [-0.1, -0.05) is 30.3 Å². The van der Waals surface area contributed by atoms with Crippen LogP contribution in [-0.4, -0.2) is 45.2 Å². The lowest BCUT2D eigenvalue weighted by Gasteiger charge is -2.39. The maximum atomic E-state index is 10.5. The molecule has 0 saturated carbocycles. The number of halogens is 1. The minimum atomic E-state index is -0.670. The topological polar surface area (TPSA) is 52.5 Å². The Labute approximate surface area is 159 Å². The molecule has 3 heterocycles. The number of hydrogen-bond donors (Lipinski definition) is 1. The molecule has 2 aromatic rings. The third-order valence-electron chi connectivity index (χ3n) is 5.32. The van der Waals surface area contributed by atoms with Gasteiger partial charge < -0.3 is 10.0 Å². The summed E-state index contributed by atoms with van der Waals surface area (Å²) < 4.78 is 0. The maximum Gasteiger partial charge on any atom is 0.224 e. The lowest BCUT2D eigenvalue weighted by Crippen LogP contribution is -2.47. The van der Waals surface area contributed by atoms with E-state index in [0.717, 1.165) is 57.0 Å². The van der Waals surface area contributed by atoms with Crippen molar-refractivity contribution in [2.24, 2.45) is 0 Å². The van der Waals surface area contributed by atoms with Crippen molar-refractivity contribution in [1.82, 2.24) is 14.9 Å². The fourth-order valence-electron chi connectivity index (χ4n) is 4.07. The molecule has 1 N–H and O–H groups in total. The number of aliphatic hydroxyl groups is 1. The molecule has 0 radical (unpaired) electrons. The van der Waals surface area contributed by atoms with Crippen molar-refractivity contribution < 1.29 is 5.11 Å². The summed E-state index contributed by atoms with van der Waals surface area (Å²) in [7, 11) is 0. The van der Waals surface area contributed by atoms with E-state index in [1.807, 2.05) is 13.0 Å². The normalized spacial score (nSPS) is 23.7. The quantitative estimate of drug-likeness (QED) is 0.839. The first-order valence-electron chi connectivity index (χ1n) is 9.29. The molecule has 0 bridgehead atoms. The minimum absolute atomic E-state index is 0.297. The Bertz CT molecular complexity index is 781. The van der Waals surface area contributed by atoms with Gasteiger partial charge in [-0.25, -0.2) is 9.97 Å². The zero-order chi connectivity index (χ0) is 18.1. The standard InChI is InChI=1S/C20H25ClN4O/c1-20(26)9-5-10-25(14-20)18-16-8-11-24(12-15-6-3-2-4-7-15)13-17(16)22-19(21)23-18/h2-4,6-7,26H,5,8-14H2,1H3. The van der Waals surface area contributed by atoms with Crippen LogP contribution in [0.3, 0.4) is 0 Å². The fraction of sp³-hybridized carbons (Fsp3) is 0.500. The molecule has 0 amide bonds. The van der Waals surface area contributed by atoms with E-state index in [-0.39, 0.29) is 0 Å². The van der Waals surface area contributed by atoms with Crippen molar-refractivity contribution in [2.75, 3.05) is 24.5 Å². The summed E-state index contributed by atoms with van der Waals surface area (Å²) in [6, 6.07) is 10.5. The Kier molecular flexibility index (Phi) is 4.86. The molecule has 138 valence electrons. The summed E-state index contributed by atoms with van der Waals surface area (Å²) in [4.78, 5) is 13.6. The van der Waals surface area contributed by atoms with Gasteiger partial charge in [0.15, 0.2) is 0 Å². The minimum Gasteiger partial charge on any atom is -0.388 e. The van der Waals surface area contributed by atoms with Gasteiger partial charge in [-0.15, -0.1) is 0 Å². The van der Waals surface area contributed by atoms with Crippen LogP contribution in [0.4, 0.5) is 5.82 Å². The molecule has 2 aliphatic rings. The molecular formula is C20H25ClN4O. The number of fused-ring (bicyclic) bond motifs is 1. The molecule has 0 spiro atoms. The van der Waals surface area contributed by atoms with E-state index in [1.54, 1.807) is 0 Å². The molecule has 6 heteroatoms. The number of anilines is 1. The summed E-state index contributed by atoms with van der Waals surface area (Å²) >= 11 is 6.25. The van der Waals surface area contributed by atoms with E-state index in [0.29, 0.717) is 11.8 Å². The van der Waals surface area contributed by atoms with Gasteiger partial charge in [0, 0.05) is 38.3 Å². The molecule has 2 aliphatic heterocycles. The highest BCUT2D eigenvalue weighted by Gasteiger charge is 2.32. The Morgan fingerprint density at radius 1 is 1.19 bits per heavy atom. The third kappa shape index (κ3) is 3.85. The molecule has 1 fully saturated rings. The average Bonchev–Trinajstić information content (AvgIpc) is 2.61. The molecular weight excluding hydrogens is 348 g/mol. The van der Waals surface area contributed by atoms with Crippen LogP contribution in [0.1, 0.15) is 36.6 Å². The van der Waals surface area contributed by atoms with Crippen LogP contribution < -0.4 is 4.90 Å². The highest BCUT2D eigenvalue weighted by Crippen LogP contribution is 2.32. The monoisotopic (exact) mass is 372 g/mol. The lowest BCUT2D eigenvalue weighted by molar-refractivity contribution is 0.0446. The SMILES string of the molecule is CC1(O)CCCN(c2nc(Cl)nc3c2CCN(Cc2ccccc2)C3)C1. The summed E-state index contributed by atoms with van der Waals surface area (Å²) in [6.07, 6.45) is 2.70. The number of benzene rings is 1. The Morgan fingerprint density at radius 3 is 2.77 bits per heavy atom. The van der Waals surface area contributed by atoms with Crippen LogP contribution in [-0.2, 0) is 19.5 Å². The number of aromatic nitrogens is 2. The summed E-state index contributed by atoms with van der Waals surface area (Å²) in [5.41, 5.74) is 2.85. The van der Waals surface area contributed by atoms with Crippen LogP contribution in [0, 0.1) is 0 Å². The molecule has 1 unspecified atom stereocenters. The molecule has 26 heavy (non-hydrogen) atoms. The Balaban J connectivity index is 1.57. The van der Waals surface area contributed by atoms with Crippen LogP contribution in [0.15, 0.2) is 30.3 Å². The average molecular weight is 373 g/mol. The molecule has 4 rings (SSSR count). The summed E-state index contributed by atoms with van der Waals surface area (Å²) in [5.74, 6) is 0.916. The lowest BCUT2D eigenvalue weighted by atomic mass is 9.94. The zero-order valence-electron chi connectivity index (χ0n) is 15.2. The van der Waals surface area contributed by atoms with E-state index in [4.69, 9.17) is 11.6 Å². The van der Waals surface area contributed by atoms with Crippen molar-refractivity contribution in [3.8, 4) is 0 Å². The number of rotatable bonds is 3. The second kappa shape index (κ2) is 7.14. The Hall–Kier alpha value is -1.69.